The minimum Gasteiger partial charge on any atom is -0.391 e. The predicted octanol–water partition coefficient (Wildman–Crippen LogP) is 4.88. The lowest BCUT2D eigenvalue weighted by molar-refractivity contribution is 0.0735. The third-order valence-corrected chi connectivity index (χ3v) is 6.67. The zero-order chi connectivity index (χ0) is 20.7. The number of hydrogen-bond acceptors (Lipinski definition) is 4. The minimum atomic E-state index is -0.495. The lowest BCUT2D eigenvalue weighted by Gasteiger charge is -2.29. The fourth-order valence-electron chi connectivity index (χ4n) is 4.78. The van der Waals surface area contributed by atoms with E-state index in [0.717, 1.165) is 66.8 Å². The number of allylic oxidation sites excluding steroid dienone is 1. The Balaban J connectivity index is 1.67. The van der Waals surface area contributed by atoms with Crippen molar-refractivity contribution in [3.8, 4) is 0 Å². The Morgan fingerprint density at radius 2 is 1.90 bits per heavy atom. The molecule has 0 saturated heterocycles. The van der Waals surface area contributed by atoms with Gasteiger partial charge in [0.05, 0.1) is 29.4 Å². The van der Waals surface area contributed by atoms with Crippen LogP contribution in [0.3, 0.4) is 0 Å². The average Bonchev–Trinajstić information content (AvgIpc) is 2.77. The summed E-state index contributed by atoms with van der Waals surface area (Å²) in [4.78, 5) is 22.4. The van der Waals surface area contributed by atoms with Gasteiger partial charge in [0.15, 0.2) is 0 Å². The quantitative estimate of drug-likeness (QED) is 0.612. The van der Waals surface area contributed by atoms with E-state index in [1.54, 1.807) is 10.9 Å². The van der Waals surface area contributed by atoms with Gasteiger partial charge in [-0.3, -0.25) is 9.36 Å². The molecule has 0 amide bonds. The maximum absolute atomic E-state index is 13.5. The van der Waals surface area contributed by atoms with Gasteiger partial charge in [-0.25, -0.2) is 9.98 Å². The van der Waals surface area contributed by atoms with Crippen LogP contribution in [0.25, 0.3) is 21.7 Å². The molecule has 6 heteroatoms. The van der Waals surface area contributed by atoms with Crippen LogP contribution in [0.4, 0.5) is 0 Å². The molecule has 1 saturated carbocycles. The monoisotopic (exact) mass is 421 g/mol. The molecule has 2 atom stereocenters. The third kappa shape index (κ3) is 3.46. The smallest absolute Gasteiger partial charge is 0.261 e. The Bertz CT molecular complexity index is 1240. The molecule has 2 aromatic carbocycles. The third-order valence-electron chi connectivity index (χ3n) is 6.39. The fourth-order valence-corrected chi connectivity index (χ4v) is 4.92. The van der Waals surface area contributed by atoms with Crippen LogP contribution in [-0.2, 0) is 6.42 Å². The molecule has 30 heavy (non-hydrogen) atoms. The number of nitrogens with zero attached hydrogens (tertiary/aromatic N) is 3. The van der Waals surface area contributed by atoms with E-state index in [-0.39, 0.29) is 11.6 Å². The molecule has 5 nitrogen and oxygen atoms in total. The largest absolute Gasteiger partial charge is 0.391 e. The van der Waals surface area contributed by atoms with E-state index < -0.39 is 6.10 Å². The zero-order valence-corrected chi connectivity index (χ0v) is 17.5. The van der Waals surface area contributed by atoms with Gasteiger partial charge in [-0.2, -0.15) is 0 Å². The maximum Gasteiger partial charge on any atom is 0.261 e. The number of aliphatic hydroxyl groups excluding tert-OH is 1. The van der Waals surface area contributed by atoms with Gasteiger partial charge in [0.2, 0.25) is 0 Å². The summed E-state index contributed by atoms with van der Waals surface area (Å²) in [6, 6.07) is 9.89. The first-order chi connectivity index (χ1) is 14.6. The van der Waals surface area contributed by atoms with Gasteiger partial charge in [0.25, 0.3) is 5.56 Å². The fraction of sp³-hybridized carbons (Fsp3) is 0.375. The van der Waals surface area contributed by atoms with Crippen LogP contribution in [0.5, 0.6) is 0 Å². The number of aliphatic hydroxyl groups is 1. The van der Waals surface area contributed by atoms with Crippen molar-refractivity contribution >= 4 is 38.4 Å². The topological polar surface area (TPSA) is 67.5 Å². The van der Waals surface area contributed by atoms with Crippen molar-refractivity contribution in [2.45, 2.75) is 57.1 Å². The van der Waals surface area contributed by atoms with E-state index in [4.69, 9.17) is 11.6 Å². The van der Waals surface area contributed by atoms with Gasteiger partial charge in [-0.15, -0.1) is 0 Å². The van der Waals surface area contributed by atoms with Gasteiger partial charge in [-0.05, 0) is 48.3 Å². The highest BCUT2D eigenvalue weighted by Crippen LogP contribution is 2.31. The maximum atomic E-state index is 13.5. The van der Waals surface area contributed by atoms with Crippen molar-refractivity contribution in [3.63, 3.8) is 0 Å². The Kier molecular flexibility index (Phi) is 5.17. The van der Waals surface area contributed by atoms with Crippen molar-refractivity contribution in [3.05, 3.63) is 64.3 Å². The first kappa shape index (κ1) is 19.5. The van der Waals surface area contributed by atoms with Crippen molar-refractivity contribution in [1.29, 1.82) is 0 Å². The van der Waals surface area contributed by atoms with Crippen LogP contribution < -0.4 is 5.56 Å². The normalized spacial score (nSPS) is 22.2. The number of rotatable bonds is 3. The van der Waals surface area contributed by atoms with Gasteiger partial charge in [-0.1, -0.05) is 48.7 Å². The Hall–Kier alpha value is -2.50. The summed E-state index contributed by atoms with van der Waals surface area (Å²) < 4.78 is 1.65. The second-order valence-corrected chi connectivity index (χ2v) is 8.76. The van der Waals surface area contributed by atoms with Crippen LogP contribution in [0.15, 0.2) is 58.2 Å². The van der Waals surface area contributed by atoms with Crippen LogP contribution in [0.2, 0.25) is 0 Å². The molecular weight excluding hydrogens is 398 g/mol. The lowest BCUT2D eigenvalue weighted by atomic mass is 9.92. The molecule has 5 rings (SSSR count). The van der Waals surface area contributed by atoms with Crippen molar-refractivity contribution < 1.29 is 5.11 Å². The molecule has 2 aliphatic rings. The highest BCUT2D eigenvalue weighted by molar-refractivity contribution is 6.65. The molecule has 2 heterocycles. The van der Waals surface area contributed by atoms with E-state index in [2.05, 4.69) is 16.0 Å². The van der Waals surface area contributed by atoms with Gasteiger partial charge >= 0.3 is 0 Å². The number of hydrogen-bond donors (Lipinski definition) is 1. The Morgan fingerprint density at radius 1 is 1.10 bits per heavy atom. The molecule has 0 spiro atoms. The number of halogens is 1. The molecular formula is C24H24ClN3O2. The average molecular weight is 422 g/mol. The number of aromatic nitrogens is 2. The summed E-state index contributed by atoms with van der Waals surface area (Å²) >= 11 is 6.01. The van der Waals surface area contributed by atoms with E-state index in [0.29, 0.717) is 10.6 Å². The molecule has 1 aliphatic heterocycles. The van der Waals surface area contributed by atoms with E-state index in [1.807, 2.05) is 30.5 Å². The van der Waals surface area contributed by atoms with Crippen molar-refractivity contribution in [2.75, 3.05) is 0 Å². The molecule has 0 bridgehead atoms. The molecule has 3 aromatic rings. The molecule has 2 unspecified atom stereocenters. The number of aliphatic imine (C=N–C) groups is 1. The number of benzene rings is 2. The van der Waals surface area contributed by atoms with E-state index in [9.17, 15) is 9.90 Å². The Labute approximate surface area is 179 Å². The molecule has 1 fully saturated rings. The van der Waals surface area contributed by atoms with Crippen LogP contribution in [0.1, 0.15) is 50.1 Å². The zero-order valence-electron chi connectivity index (χ0n) is 16.7. The molecule has 154 valence electrons. The SMILES string of the molecule is O=c1c2cc(CC3=CN=C(Cl)CC3)c3ccccc3c2ncn1C1CCCCC1O. The summed E-state index contributed by atoms with van der Waals surface area (Å²) in [6.07, 6.45) is 8.90. The standard InChI is InChI=1S/C24H24ClN3O2/c25-22-10-9-15(13-26-22)11-16-12-19-23(18-6-2-1-5-17(16)18)27-14-28(24(19)30)20-7-3-4-8-21(20)29/h1-2,5-6,12-14,20-21,29H,3-4,7-11H2. The summed E-state index contributed by atoms with van der Waals surface area (Å²) in [7, 11) is 0. The summed E-state index contributed by atoms with van der Waals surface area (Å²) in [5, 5.41) is 13.8. The number of fused-ring (bicyclic) bond motifs is 3. The summed E-state index contributed by atoms with van der Waals surface area (Å²) in [6.45, 7) is 0. The van der Waals surface area contributed by atoms with Gasteiger partial charge < -0.3 is 5.11 Å². The molecule has 1 N–H and O–H groups in total. The van der Waals surface area contributed by atoms with Crippen LogP contribution in [-0.4, -0.2) is 25.9 Å². The van der Waals surface area contributed by atoms with E-state index in [1.165, 1.54) is 5.57 Å². The van der Waals surface area contributed by atoms with Crippen LogP contribution >= 0.6 is 11.6 Å². The first-order valence-corrected chi connectivity index (χ1v) is 11.0. The first-order valence-electron chi connectivity index (χ1n) is 10.6. The highest BCUT2D eigenvalue weighted by Gasteiger charge is 2.26. The van der Waals surface area contributed by atoms with E-state index >= 15 is 0 Å². The van der Waals surface area contributed by atoms with Crippen molar-refractivity contribution in [1.82, 2.24) is 9.55 Å². The summed E-state index contributed by atoms with van der Waals surface area (Å²) in [5.41, 5.74) is 2.95. The lowest BCUT2D eigenvalue weighted by Crippen LogP contribution is -2.34. The van der Waals surface area contributed by atoms with Crippen LogP contribution in [0, 0.1) is 0 Å². The Morgan fingerprint density at radius 3 is 2.67 bits per heavy atom. The second kappa shape index (κ2) is 7.97. The molecule has 0 radical (unpaired) electrons. The second-order valence-electron chi connectivity index (χ2n) is 8.32. The van der Waals surface area contributed by atoms with Gasteiger partial charge in [0.1, 0.15) is 5.17 Å². The van der Waals surface area contributed by atoms with Crippen molar-refractivity contribution in [2.24, 2.45) is 4.99 Å². The minimum absolute atomic E-state index is 0.0726. The molecule has 1 aliphatic carbocycles. The van der Waals surface area contributed by atoms with Gasteiger partial charge in [0, 0.05) is 18.0 Å². The predicted molar refractivity (Wildman–Crippen MR) is 121 cm³/mol. The highest BCUT2D eigenvalue weighted by atomic mass is 35.5. The summed E-state index contributed by atoms with van der Waals surface area (Å²) in [5.74, 6) is 0. The molecule has 1 aromatic heterocycles.